The van der Waals surface area contributed by atoms with Crippen LogP contribution in [0.5, 0.6) is 5.75 Å². The van der Waals surface area contributed by atoms with Gasteiger partial charge in [-0.1, -0.05) is 34.1 Å². The van der Waals surface area contributed by atoms with Gasteiger partial charge < -0.3 is 121 Å². The number of aliphatic hydroxyl groups is 3. The molecule has 3 aliphatic rings. The maximum absolute atomic E-state index is 15.4. The van der Waals surface area contributed by atoms with Crippen molar-refractivity contribution in [2.24, 2.45) is 35.3 Å². The minimum absolute atomic E-state index is 0.0631. The Bertz CT molecular complexity index is 3480. The summed E-state index contributed by atoms with van der Waals surface area (Å²) in [5, 5.41) is 61.9. The molecule has 0 saturated carbocycles. The molecule has 2 bridgehead atoms. The molecule has 10 amide bonds. The number of hydrogen-bond donors (Lipinski definition) is 14. The average Bonchev–Trinajstić information content (AvgIpc) is 1.61. The summed E-state index contributed by atoms with van der Waals surface area (Å²) in [6.45, 7) is 9.77. The number of aliphatic hydroxyl groups excluding tert-OH is 3. The van der Waals surface area contributed by atoms with Crippen molar-refractivity contribution in [3.05, 3.63) is 23.3 Å². The van der Waals surface area contributed by atoms with E-state index in [9.17, 15) is 72.9 Å². The number of aromatic amines is 1. The fourth-order valence-electron chi connectivity index (χ4n) is 12.5. The molecule has 0 spiro atoms. The Labute approximate surface area is 669 Å². The number of Topliss-reactive ketones (excluding diaryl/α,β-unsaturated/α-hetero) is 2. The molecule has 38 nitrogen and oxygen atoms in total. The lowest BCUT2D eigenvalue weighted by Crippen LogP contribution is -2.60. The van der Waals surface area contributed by atoms with Gasteiger partial charge in [-0.05, 0) is 48.6 Å². The van der Waals surface area contributed by atoms with E-state index in [4.69, 9.17) is 53.5 Å². The number of fused-ring (bicyclic) bond motifs is 5. The number of nitrogens with zero attached hydrogens (tertiary/aromatic N) is 1. The van der Waals surface area contributed by atoms with Gasteiger partial charge in [-0.25, -0.2) is 0 Å². The molecule has 40 heteroatoms. The molecule has 0 radical (unpaired) electrons. The molecular formula is C74H117N11O27S2. The van der Waals surface area contributed by atoms with E-state index in [1.165, 1.54) is 32.7 Å². The van der Waals surface area contributed by atoms with E-state index < -0.39 is 206 Å². The first-order valence-corrected chi connectivity index (χ1v) is 41.0. The summed E-state index contributed by atoms with van der Waals surface area (Å²) in [4.78, 5) is 179. The Morgan fingerprint density at radius 2 is 1.28 bits per heavy atom. The first kappa shape index (κ1) is 96.7. The van der Waals surface area contributed by atoms with Crippen LogP contribution in [0.2, 0.25) is 0 Å². The number of aromatic nitrogens is 1. The highest BCUT2D eigenvalue weighted by atomic mass is 32.2. The smallest absolute Gasteiger partial charge is 0.304 e. The van der Waals surface area contributed by atoms with Crippen molar-refractivity contribution >= 4 is 110 Å². The molecule has 114 heavy (non-hydrogen) atoms. The third-order valence-corrected chi connectivity index (χ3v) is 21.7. The van der Waals surface area contributed by atoms with Gasteiger partial charge in [0.1, 0.15) is 28.9 Å². The van der Waals surface area contributed by atoms with Crippen molar-refractivity contribution in [2.45, 2.75) is 145 Å². The summed E-state index contributed by atoms with van der Waals surface area (Å²) < 4.78 is 65.4. The molecule has 1 aromatic heterocycles. The number of carbonyl (C=O) groups excluding carboxylic acids is 12. The van der Waals surface area contributed by atoms with Crippen LogP contribution in [0.3, 0.4) is 0 Å². The molecule has 5 rings (SSSR count). The molecular weight excluding hydrogens is 1540 g/mol. The van der Waals surface area contributed by atoms with Crippen LogP contribution in [-0.2, 0) is 123 Å². The number of hydrogen-bond acceptors (Lipinski definition) is 27. The molecule has 4 heterocycles. The van der Waals surface area contributed by atoms with Gasteiger partial charge >= 0.3 is 5.97 Å². The predicted molar refractivity (Wildman–Crippen MR) is 411 cm³/mol. The highest BCUT2D eigenvalue weighted by molar-refractivity contribution is 7.98. The zero-order valence-corrected chi connectivity index (χ0v) is 67.3. The third-order valence-electron chi connectivity index (χ3n) is 19.2. The molecule has 1 saturated heterocycles. The fraction of sp³-hybridized carbons (Fsp3) is 0.716. The Balaban J connectivity index is 1.09. The Kier molecular flexibility index (Phi) is 45.3. The number of H-pyrrole nitrogens is 1. The summed E-state index contributed by atoms with van der Waals surface area (Å²) in [6.07, 6.45) is -4.26. The van der Waals surface area contributed by atoms with E-state index in [2.05, 4.69) is 47.5 Å². The molecule has 642 valence electrons. The molecule has 2 aromatic rings. The molecule has 15 N–H and O–H groups in total. The molecule has 0 aliphatic carbocycles. The third kappa shape index (κ3) is 34.5. The lowest BCUT2D eigenvalue weighted by atomic mass is 9.85. The first-order chi connectivity index (χ1) is 54.7. The highest BCUT2D eigenvalue weighted by Gasteiger charge is 2.45. The number of primary amides is 1. The number of carboxylic acid groups (broad SMARTS) is 1. The van der Waals surface area contributed by atoms with Gasteiger partial charge in [0, 0.05) is 98.7 Å². The number of nitrogens with two attached hydrogens (primary N) is 1. The van der Waals surface area contributed by atoms with Crippen LogP contribution in [0.25, 0.3) is 10.9 Å². The van der Waals surface area contributed by atoms with E-state index in [1.54, 1.807) is 26.0 Å². The quantitative estimate of drug-likeness (QED) is 0.0293. The number of carboxylic acids is 1. The Morgan fingerprint density at radius 1 is 0.693 bits per heavy atom. The molecule has 2 unspecified atom stereocenters. The normalized spacial score (nSPS) is 21.4. The monoisotopic (exact) mass is 1660 g/mol. The Hall–Kier alpha value is -7.87. The van der Waals surface area contributed by atoms with Crippen molar-refractivity contribution in [3.8, 4) is 5.75 Å². The molecule has 3 aliphatic heterocycles. The minimum atomic E-state index is -2.42. The summed E-state index contributed by atoms with van der Waals surface area (Å²) in [5.41, 5.74) is 6.73. The number of aliphatic carboxylic acids is 1. The van der Waals surface area contributed by atoms with Crippen molar-refractivity contribution in [2.75, 3.05) is 170 Å². The van der Waals surface area contributed by atoms with Gasteiger partial charge in [-0.15, -0.1) is 0 Å². The number of amides is 10. The first-order valence-electron chi connectivity index (χ1n) is 38.5. The molecule has 1 fully saturated rings. The SMILES string of the molecule is CC[C@H](C)[C@@H]1CC(=O)CNC(=O)[C@H]2CC(=O)[C@H]([C@@H](C)[C@@H](O)CO)NC(=O)[C@@H]3C[C@@H](O)CN3C(=O)[C@H](CC(N)=O)NC(=O)[C@H](CS(=O)c3[nH]c4c(CSCCCCNC(=O)CCOCCOCCOCCOCCOCCOCCOCCOCCNC(=O)CCNC(=O)C(C)CC(=O)O)c(OC)ccc4c3C2)NC(=O)CNC1=O. The van der Waals surface area contributed by atoms with Gasteiger partial charge in [0.2, 0.25) is 59.1 Å². The number of ether oxygens (including phenoxy) is 9. The average molecular weight is 1660 g/mol. The zero-order chi connectivity index (χ0) is 83.5. The van der Waals surface area contributed by atoms with Crippen molar-refractivity contribution in [1.82, 2.24) is 52.4 Å². The number of methoxy groups -OCH3 is 1. The topological polar surface area (TPSA) is 544 Å². The summed E-state index contributed by atoms with van der Waals surface area (Å²) in [6, 6.07) is -3.70. The van der Waals surface area contributed by atoms with Gasteiger partial charge in [0.25, 0.3) is 0 Å². The number of carbonyl (C=O) groups is 13. The highest BCUT2D eigenvalue weighted by Crippen LogP contribution is 2.37. The maximum Gasteiger partial charge on any atom is 0.304 e. The van der Waals surface area contributed by atoms with Crippen molar-refractivity contribution < 1.29 is 130 Å². The second-order valence-corrected chi connectivity index (χ2v) is 30.4. The number of nitrogens with one attached hydrogen (secondary N) is 9. The van der Waals surface area contributed by atoms with Crippen LogP contribution in [0.15, 0.2) is 17.2 Å². The summed E-state index contributed by atoms with van der Waals surface area (Å²) >= 11 is 1.50. The van der Waals surface area contributed by atoms with Gasteiger partial charge in [0.15, 0.2) is 11.6 Å². The van der Waals surface area contributed by atoms with Gasteiger partial charge in [-0.2, -0.15) is 11.8 Å². The van der Waals surface area contributed by atoms with Crippen LogP contribution >= 0.6 is 11.8 Å². The van der Waals surface area contributed by atoms with E-state index in [0.717, 1.165) is 4.90 Å². The maximum atomic E-state index is 15.4. The van der Waals surface area contributed by atoms with Crippen molar-refractivity contribution in [1.29, 1.82) is 0 Å². The standard InChI is InChI=1S/C74H117N11O27S2/c1-6-45(2)52-36-49(87)39-79-69(98)48-34-53-51-9-10-60(104-5)54(67(51)84-73(53)114(103)44-56(81-64(94)40-80-70(52)99)71(100)82-55(38-61(75)91)74(102)85-41-50(88)37-57(85)72(101)83-66(58(89)35-48)47(4)59(90)42-86)43-113-32-8-7-13-76-63(93)12-16-105-18-20-107-22-24-109-26-28-111-30-31-112-29-27-110-25-23-108-21-19-106-17-15-77-62(92)11-14-78-68(97)46(3)33-65(95)96/h9-10,45-48,50,52,55-57,59,66,84,86,88,90H,6-8,11-44H2,1-5H3,(H2,75,91)(H,76,93)(H,77,92)(H,78,97)(H,79,98)(H,80,99)(H,81,94)(H,82,100)(H,83,101)(H,95,96)/t45-,46?,47-,48+,50+,52-,55-,56-,57-,59-,66-,114?/m0/s1. The van der Waals surface area contributed by atoms with Crippen molar-refractivity contribution in [3.63, 3.8) is 0 Å². The number of benzene rings is 1. The van der Waals surface area contributed by atoms with Crippen LogP contribution in [-0.4, -0.2) is 318 Å². The lowest BCUT2D eigenvalue weighted by molar-refractivity contribution is -0.144. The van der Waals surface area contributed by atoms with Crippen LogP contribution in [0.1, 0.15) is 103 Å². The Morgan fingerprint density at radius 3 is 1.87 bits per heavy atom. The largest absolute Gasteiger partial charge is 0.496 e. The predicted octanol–water partition coefficient (Wildman–Crippen LogP) is -3.05. The second-order valence-electron chi connectivity index (χ2n) is 27.8. The minimum Gasteiger partial charge on any atom is -0.496 e. The summed E-state index contributed by atoms with van der Waals surface area (Å²) in [7, 11) is -0.977. The van der Waals surface area contributed by atoms with Crippen LogP contribution in [0, 0.1) is 29.6 Å². The number of ketones is 2. The summed E-state index contributed by atoms with van der Waals surface area (Å²) in [5.74, 6) is -14.8. The number of unbranched alkanes of at least 4 members (excludes halogenated alkanes) is 1. The van der Waals surface area contributed by atoms with Gasteiger partial charge in [0.05, 0.1) is 186 Å². The van der Waals surface area contributed by atoms with Crippen LogP contribution in [0.4, 0.5) is 0 Å². The van der Waals surface area contributed by atoms with E-state index in [0.29, 0.717) is 146 Å². The zero-order valence-electron chi connectivity index (χ0n) is 65.7. The van der Waals surface area contributed by atoms with E-state index >= 15 is 9.00 Å². The van der Waals surface area contributed by atoms with Gasteiger partial charge in [-0.3, -0.25) is 66.5 Å². The lowest BCUT2D eigenvalue weighted by Gasteiger charge is -2.32. The second kappa shape index (κ2) is 53.4. The number of thioether (sulfide) groups is 1. The van der Waals surface area contributed by atoms with Crippen LogP contribution < -0.4 is 53.0 Å². The fourth-order valence-corrected chi connectivity index (χ4v) is 14.9. The van der Waals surface area contributed by atoms with E-state index in [1.807, 2.05) is 0 Å². The van der Waals surface area contributed by atoms with E-state index in [-0.39, 0.29) is 73.8 Å². The molecule has 1 aromatic carbocycles. The number of rotatable bonds is 48. The molecule has 12 atom stereocenters.